The zero-order chi connectivity index (χ0) is 23.3. The van der Waals surface area contributed by atoms with Crippen LogP contribution in [0.25, 0.3) is 0 Å². The van der Waals surface area contributed by atoms with E-state index in [1.807, 2.05) is 43.3 Å². The molecule has 0 amide bonds. The number of hydrogen-bond acceptors (Lipinski definition) is 4. The molecular weight excluding hydrogens is 417 g/mol. The SMILES string of the molecule is CC(NC1=C(C(CC(=O)C(F)(F)F)c2cccc(C#N)c2)C(=O)CCC1)c1ccccc1. The van der Waals surface area contributed by atoms with Gasteiger partial charge in [0.15, 0.2) is 5.78 Å². The number of rotatable bonds is 7. The van der Waals surface area contributed by atoms with Crippen LogP contribution in [0.5, 0.6) is 0 Å². The Bertz CT molecular complexity index is 1070. The Balaban J connectivity index is 2.08. The molecule has 2 aromatic carbocycles. The molecule has 0 spiro atoms. The normalized spacial score (nSPS) is 16.3. The van der Waals surface area contributed by atoms with Crippen molar-refractivity contribution in [2.75, 3.05) is 0 Å². The highest BCUT2D eigenvalue weighted by Gasteiger charge is 2.41. The summed E-state index contributed by atoms with van der Waals surface area (Å²) in [4.78, 5) is 24.9. The third kappa shape index (κ3) is 5.44. The number of carbonyl (C=O) groups is 2. The van der Waals surface area contributed by atoms with Crippen molar-refractivity contribution in [2.24, 2.45) is 0 Å². The molecule has 4 nitrogen and oxygen atoms in total. The van der Waals surface area contributed by atoms with Crippen LogP contribution in [0.2, 0.25) is 0 Å². The summed E-state index contributed by atoms with van der Waals surface area (Å²) in [6, 6.07) is 17.3. The van der Waals surface area contributed by atoms with Crippen LogP contribution in [0, 0.1) is 11.3 Å². The quantitative estimate of drug-likeness (QED) is 0.615. The second kappa shape index (κ2) is 9.82. The number of halogens is 3. The Morgan fingerprint density at radius 3 is 2.44 bits per heavy atom. The van der Waals surface area contributed by atoms with Gasteiger partial charge in [-0.15, -0.1) is 0 Å². The van der Waals surface area contributed by atoms with E-state index in [-0.39, 0.29) is 29.4 Å². The van der Waals surface area contributed by atoms with Gasteiger partial charge in [0, 0.05) is 36.1 Å². The average molecular weight is 440 g/mol. The molecule has 0 saturated carbocycles. The standard InChI is InChI=1S/C25H23F3N2O2/c1-16(18-8-3-2-4-9-18)30-21-11-6-12-22(31)24(21)20(14-23(32)25(26,27)28)19-10-5-7-17(13-19)15-29/h2-5,7-10,13,16,20,30H,6,11-12,14H2,1H3. The van der Waals surface area contributed by atoms with Gasteiger partial charge in [0.2, 0.25) is 5.78 Å². The summed E-state index contributed by atoms with van der Waals surface area (Å²) in [7, 11) is 0. The van der Waals surface area contributed by atoms with E-state index >= 15 is 0 Å². The fourth-order valence-corrected chi connectivity index (χ4v) is 4.02. The molecule has 2 atom stereocenters. The molecule has 2 aromatic rings. The topological polar surface area (TPSA) is 70.0 Å². The van der Waals surface area contributed by atoms with Crippen LogP contribution in [0.3, 0.4) is 0 Å². The van der Waals surface area contributed by atoms with Crippen molar-refractivity contribution in [3.05, 3.63) is 82.6 Å². The molecule has 1 N–H and O–H groups in total. The van der Waals surface area contributed by atoms with Crippen LogP contribution in [0.15, 0.2) is 65.9 Å². The van der Waals surface area contributed by atoms with Crippen LogP contribution < -0.4 is 5.32 Å². The van der Waals surface area contributed by atoms with E-state index in [2.05, 4.69) is 5.32 Å². The van der Waals surface area contributed by atoms with Crippen molar-refractivity contribution in [1.82, 2.24) is 5.32 Å². The van der Waals surface area contributed by atoms with Crippen molar-refractivity contribution in [3.63, 3.8) is 0 Å². The highest BCUT2D eigenvalue weighted by Crippen LogP contribution is 2.38. The number of hydrogen-bond donors (Lipinski definition) is 1. The molecule has 0 radical (unpaired) electrons. The molecule has 0 aromatic heterocycles. The highest BCUT2D eigenvalue weighted by atomic mass is 19.4. The van der Waals surface area contributed by atoms with E-state index in [9.17, 15) is 28.0 Å². The number of Topliss-reactive ketones (excluding diaryl/α,β-unsaturated/α-hetero) is 2. The molecule has 7 heteroatoms. The lowest BCUT2D eigenvalue weighted by atomic mass is 9.79. The molecular formula is C25H23F3N2O2. The van der Waals surface area contributed by atoms with Gasteiger partial charge >= 0.3 is 6.18 Å². The number of nitriles is 1. The Labute approximate surface area is 184 Å². The second-order valence-electron chi connectivity index (χ2n) is 7.86. The Morgan fingerprint density at radius 1 is 1.09 bits per heavy atom. The monoisotopic (exact) mass is 440 g/mol. The van der Waals surface area contributed by atoms with E-state index < -0.39 is 24.3 Å². The maximum absolute atomic E-state index is 13.1. The predicted octanol–water partition coefficient (Wildman–Crippen LogP) is 5.52. The highest BCUT2D eigenvalue weighted by molar-refractivity contribution is 5.99. The first-order valence-electron chi connectivity index (χ1n) is 10.4. The average Bonchev–Trinajstić information content (AvgIpc) is 2.78. The van der Waals surface area contributed by atoms with Crippen LogP contribution in [-0.2, 0) is 9.59 Å². The van der Waals surface area contributed by atoms with Crippen molar-refractivity contribution >= 4 is 11.6 Å². The third-order valence-electron chi connectivity index (χ3n) is 5.62. The minimum absolute atomic E-state index is 0.184. The number of benzene rings is 2. The van der Waals surface area contributed by atoms with Gasteiger partial charge in [0.1, 0.15) is 0 Å². The minimum Gasteiger partial charge on any atom is -0.381 e. The molecule has 166 valence electrons. The van der Waals surface area contributed by atoms with Crippen molar-refractivity contribution < 1.29 is 22.8 Å². The van der Waals surface area contributed by atoms with Gasteiger partial charge < -0.3 is 5.32 Å². The molecule has 0 heterocycles. The molecule has 0 fully saturated rings. The Hall–Kier alpha value is -3.40. The zero-order valence-corrected chi connectivity index (χ0v) is 17.6. The summed E-state index contributed by atoms with van der Waals surface area (Å²) in [5.74, 6) is -3.26. The van der Waals surface area contributed by atoms with Crippen LogP contribution >= 0.6 is 0 Å². The largest absolute Gasteiger partial charge is 0.450 e. The molecule has 0 bridgehead atoms. The van der Waals surface area contributed by atoms with Crippen molar-refractivity contribution in [3.8, 4) is 6.07 Å². The lowest BCUT2D eigenvalue weighted by Crippen LogP contribution is -2.31. The van der Waals surface area contributed by atoms with Gasteiger partial charge in [-0.05, 0) is 43.0 Å². The molecule has 3 rings (SSSR count). The number of allylic oxidation sites excluding steroid dienone is 2. The molecule has 0 saturated heterocycles. The van der Waals surface area contributed by atoms with E-state index in [4.69, 9.17) is 0 Å². The fraction of sp³-hybridized carbons (Fsp3) is 0.320. The van der Waals surface area contributed by atoms with Gasteiger partial charge in [0.25, 0.3) is 0 Å². The number of ketones is 2. The van der Waals surface area contributed by atoms with Gasteiger partial charge in [-0.25, -0.2) is 0 Å². The first-order valence-corrected chi connectivity index (χ1v) is 10.4. The van der Waals surface area contributed by atoms with Gasteiger partial charge in [-0.3, -0.25) is 9.59 Å². The minimum atomic E-state index is -5.01. The van der Waals surface area contributed by atoms with Gasteiger partial charge in [-0.1, -0.05) is 42.5 Å². The first-order chi connectivity index (χ1) is 15.2. The maximum atomic E-state index is 13.1. The number of carbonyl (C=O) groups excluding carboxylic acids is 2. The number of nitrogens with one attached hydrogen (secondary N) is 1. The lowest BCUT2D eigenvalue weighted by molar-refractivity contribution is -0.171. The van der Waals surface area contributed by atoms with E-state index in [0.717, 1.165) is 5.56 Å². The third-order valence-corrected chi connectivity index (χ3v) is 5.62. The van der Waals surface area contributed by atoms with Crippen molar-refractivity contribution in [2.45, 2.75) is 50.7 Å². The maximum Gasteiger partial charge on any atom is 0.450 e. The van der Waals surface area contributed by atoms with E-state index in [1.54, 1.807) is 12.1 Å². The first kappa shape index (κ1) is 23.3. The predicted molar refractivity (Wildman–Crippen MR) is 113 cm³/mol. The zero-order valence-electron chi connectivity index (χ0n) is 17.6. The fourth-order valence-electron chi connectivity index (χ4n) is 4.02. The molecule has 32 heavy (non-hydrogen) atoms. The Kier molecular flexibility index (Phi) is 7.14. The van der Waals surface area contributed by atoms with Crippen molar-refractivity contribution in [1.29, 1.82) is 5.26 Å². The number of alkyl halides is 3. The Morgan fingerprint density at radius 2 is 1.78 bits per heavy atom. The van der Waals surface area contributed by atoms with E-state index in [0.29, 0.717) is 24.1 Å². The van der Waals surface area contributed by atoms with Crippen LogP contribution in [-0.4, -0.2) is 17.7 Å². The van der Waals surface area contributed by atoms with E-state index in [1.165, 1.54) is 12.1 Å². The smallest absolute Gasteiger partial charge is 0.381 e. The molecule has 2 unspecified atom stereocenters. The molecule has 0 aliphatic heterocycles. The molecule has 1 aliphatic rings. The summed E-state index contributed by atoms with van der Waals surface area (Å²) in [5, 5.41) is 12.5. The summed E-state index contributed by atoms with van der Waals surface area (Å²) < 4.78 is 39.4. The summed E-state index contributed by atoms with van der Waals surface area (Å²) in [5.41, 5.74) is 2.32. The lowest BCUT2D eigenvalue weighted by Gasteiger charge is -2.29. The summed E-state index contributed by atoms with van der Waals surface area (Å²) >= 11 is 0. The summed E-state index contributed by atoms with van der Waals surface area (Å²) in [6.07, 6.45) is -4.62. The van der Waals surface area contributed by atoms with Crippen LogP contribution in [0.4, 0.5) is 13.2 Å². The number of nitrogens with zero attached hydrogens (tertiary/aromatic N) is 1. The van der Waals surface area contributed by atoms with Crippen LogP contribution in [0.1, 0.15) is 61.3 Å². The molecule has 1 aliphatic carbocycles. The summed E-state index contributed by atoms with van der Waals surface area (Å²) in [6.45, 7) is 1.91. The second-order valence-corrected chi connectivity index (χ2v) is 7.86. The van der Waals surface area contributed by atoms with Gasteiger partial charge in [-0.2, -0.15) is 18.4 Å². The van der Waals surface area contributed by atoms with Gasteiger partial charge in [0.05, 0.1) is 11.6 Å².